The molecule has 0 spiro atoms. The summed E-state index contributed by atoms with van der Waals surface area (Å²) in [5.74, 6) is 1.25. The van der Waals surface area contributed by atoms with Crippen LogP contribution in [0.4, 0.5) is 11.8 Å². The van der Waals surface area contributed by atoms with Gasteiger partial charge in [-0.1, -0.05) is 26.0 Å². The first-order valence-corrected chi connectivity index (χ1v) is 9.46. The number of fused-ring (bicyclic) bond motifs is 1. The Bertz CT molecular complexity index is 974. The maximum atomic E-state index is 4.55. The van der Waals surface area contributed by atoms with Crippen LogP contribution in [0.5, 0.6) is 0 Å². The Labute approximate surface area is 165 Å². The fourth-order valence-corrected chi connectivity index (χ4v) is 2.95. The molecule has 0 aliphatic heterocycles. The molecule has 146 valence electrons. The summed E-state index contributed by atoms with van der Waals surface area (Å²) in [6.45, 7) is 8.29. The molecule has 2 aromatic heterocycles. The largest absolute Gasteiger partial charge is 0.391 e. The third-order valence-electron chi connectivity index (χ3n) is 4.42. The highest BCUT2D eigenvalue weighted by Crippen LogP contribution is 2.21. The summed E-state index contributed by atoms with van der Waals surface area (Å²) in [7, 11) is 1.92. The Morgan fingerprint density at radius 2 is 2.14 bits per heavy atom. The molecule has 0 aliphatic rings. The van der Waals surface area contributed by atoms with Crippen molar-refractivity contribution in [2.75, 3.05) is 17.7 Å². The highest BCUT2D eigenvalue weighted by Gasteiger charge is 2.09. The van der Waals surface area contributed by atoms with Crippen molar-refractivity contribution in [3.63, 3.8) is 0 Å². The van der Waals surface area contributed by atoms with Crippen LogP contribution in [-0.2, 0) is 0 Å². The first-order valence-electron chi connectivity index (χ1n) is 9.46. The van der Waals surface area contributed by atoms with Crippen LogP contribution in [0.1, 0.15) is 38.3 Å². The van der Waals surface area contributed by atoms with Gasteiger partial charge in [-0.05, 0) is 43.2 Å². The van der Waals surface area contributed by atoms with Crippen molar-refractivity contribution in [1.29, 1.82) is 0 Å². The van der Waals surface area contributed by atoms with E-state index >= 15 is 0 Å². The van der Waals surface area contributed by atoms with Crippen LogP contribution < -0.4 is 16.0 Å². The Morgan fingerprint density at radius 3 is 2.93 bits per heavy atom. The number of allylic oxidation sites excluding steroid dienone is 2. The lowest BCUT2D eigenvalue weighted by Gasteiger charge is -2.15. The highest BCUT2D eigenvalue weighted by atomic mass is 15.1. The number of rotatable bonds is 9. The third kappa shape index (κ3) is 4.88. The molecule has 28 heavy (non-hydrogen) atoms. The van der Waals surface area contributed by atoms with Gasteiger partial charge in [0.2, 0.25) is 5.95 Å². The standard InChI is InChI=1S/C21H27N7/c1-5-6-17(22-4)11-14(2)26-20-9-10-23-21(28-20)27-15(3)16-7-8-18-19(12-16)25-13-24-18/h7-13,15,22H,2,5-6H2,1,3-4H3,(H,24,25)(H2,23,26,27,28)/b17-11-. The van der Waals surface area contributed by atoms with E-state index in [9.17, 15) is 0 Å². The Morgan fingerprint density at radius 1 is 1.29 bits per heavy atom. The lowest BCUT2D eigenvalue weighted by Crippen LogP contribution is -2.11. The van der Waals surface area contributed by atoms with Crippen molar-refractivity contribution in [2.24, 2.45) is 0 Å². The van der Waals surface area contributed by atoms with Gasteiger partial charge in [0.25, 0.3) is 0 Å². The lowest BCUT2D eigenvalue weighted by atomic mass is 10.1. The van der Waals surface area contributed by atoms with Crippen LogP contribution in [-0.4, -0.2) is 27.0 Å². The van der Waals surface area contributed by atoms with E-state index in [1.54, 1.807) is 12.5 Å². The van der Waals surface area contributed by atoms with Crippen LogP contribution >= 0.6 is 0 Å². The van der Waals surface area contributed by atoms with E-state index in [2.05, 4.69) is 68.4 Å². The topological polar surface area (TPSA) is 90.5 Å². The minimum absolute atomic E-state index is 0.0477. The number of aromatic amines is 1. The molecule has 0 saturated heterocycles. The molecule has 1 unspecified atom stereocenters. The second-order valence-electron chi connectivity index (χ2n) is 6.63. The van der Waals surface area contributed by atoms with Gasteiger partial charge in [-0.15, -0.1) is 0 Å². The number of aromatic nitrogens is 4. The monoisotopic (exact) mass is 377 g/mol. The molecule has 0 bridgehead atoms. The molecule has 0 saturated carbocycles. The van der Waals surface area contributed by atoms with Crippen molar-refractivity contribution in [3.8, 4) is 0 Å². The summed E-state index contributed by atoms with van der Waals surface area (Å²) in [6.07, 6.45) is 7.48. The molecule has 3 aromatic rings. The van der Waals surface area contributed by atoms with Crippen molar-refractivity contribution >= 4 is 22.8 Å². The van der Waals surface area contributed by atoms with Crippen LogP contribution in [0.15, 0.2) is 60.8 Å². The maximum Gasteiger partial charge on any atom is 0.225 e. The van der Waals surface area contributed by atoms with Crippen molar-refractivity contribution in [3.05, 3.63) is 66.4 Å². The van der Waals surface area contributed by atoms with E-state index in [1.807, 2.05) is 25.3 Å². The molecule has 7 heteroatoms. The fourth-order valence-electron chi connectivity index (χ4n) is 2.95. The van der Waals surface area contributed by atoms with Gasteiger partial charge in [0.15, 0.2) is 0 Å². The molecule has 1 aromatic carbocycles. The second kappa shape index (κ2) is 9.03. The average molecular weight is 377 g/mol. The van der Waals surface area contributed by atoms with Crippen LogP contribution in [0.2, 0.25) is 0 Å². The van der Waals surface area contributed by atoms with Gasteiger partial charge in [0, 0.05) is 24.6 Å². The zero-order valence-electron chi connectivity index (χ0n) is 16.6. The predicted molar refractivity (Wildman–Crippen MR) is 115 cm³/mol. The van der Waals surface area contributed by atoms with E-state index in [-0.39, 0.29) is 6.04 Å². The number of H-pyrrole nitrogens is 1. The van der Waals surface area contributed by atoms with E-state index in [0.29, 0.717) is 11.8 Å². The first-order chi connectivity index (χ1) is 13.6. The molecular weight excluding hydrogens is 350 g/mol. The highest BCUT2D eigenvalue weighted by molar-refractivity contribution is 5.75. The van der Waals surface area contributed by atoms with Crippen molar-refractivity contribution < 1.29 is 0 Å². The lowest BCUT2D eigenvalue weighted by molar-refractivity contribution is 0.815. The summed E-state index contributed by atoms with van der Waals surface area (Å²) in [4.78, 5) is 16.3. The van der Waals surface area contributed by atoms with Crippen LogP contribution in [0.25, 0.3) is 11.0 Å². The molecular formula is C21H27N7. The molecule has 1 atom stereocenters. The molecule has 4 N–H and O–H groups in total. The van der Waals surface area contributed by atoms with E-state index in [0.717, 1.165) is 40.8 Å². The molecule has 3 rings (SSSR count). The minimum Gasteiger partial charge on any atom is -0.391 e. The third-order valence-corrected chi connectivity index (χ3v) is 4.42. The zero-order valence-corrected chi connectivity index (χ0v) is 16.6. The minimum atomic E-state index is 0.0477. The van der Waals surface area contributed by atoms with Crippen molar-refractivity contribution in [1.82, 2.24) is 25.3 Å². The van der Waals surface area contributed by atoms with E-state index in [4.69, 9.17) is 0 Å². The number of anilines is 2. The number of imidazole rings is 1. The number of nitrogens with zero attached hydrogens (tertiary/aromatic N) is 3. The maximum absolute atomic E-state index is 4.55. The molecule has 0 radical (unpaired) electrons. The zero-order chi connectivity index (χ0) is 19.9. The number of benzene rings is 1. The van der Waals surface area contributed by atoms with Crippen LogP contribution in [0.3, 0.4) is 0 Å². The predicted octanol–water partition coefficient (Wildman–Crippen LogP) is 4.36. The van der Waals surface area contributed by atoms with Crippen molar-refractivity contribution in [2.45, 2.75) is 32.7 Å². The fraction of sp³-hybridized carbons (Fsp3) is 0.286. The van der Waals surface area contributed by atoms with Gasteiger partial charge in [-0.2, -0.15) is 4.98 Å². The summed E-state index contributed by atoms with van der Waals surface area (Å²) in [5, 5.41) is 9.77. The molecule has 2 heterocycles. The van der Waals surface area contributed by atoms with Gasteiger partial charge in [-0.25, -0.2) is 9.97 Å². The van der Waals surface area contributed by atoms with Gasteiger partial charge in [0.05, 0.1) is 23.4 Å². The smallest absolute Gasteiger partial charge is 0.225 e. The molecule has 0 aliphatic carbocycles. The molecule has 0 fully saturated rings. The SMILES string of the molecule is C=C(/C=C(/CCC)NC)Nc1ccnc(NC(C)c2ccc3nc[nH]c3c2)n1. The summed E-state index contributed by atoms with van der Waals surface area (Å²) in [5.41, 5.74) is 5.01. The Kier molecular flexibility index (Phi) is 6.26. The summed E-state index contributed by atoms with van der Waals surface area (Å²) in [6, 6.07) is 8.02. The first kappa shape index (κ1) is 19.4. The van der Waals surface area contributed by atoms with Gasteiger partial charge >= 0.3 is 0 Å². The summed E-state index contributed by atoms with van der Waals surface area (Å²) < 4.78 is 0. The summed E-state index contributed by atoms with van der Waals surface area (Å²) >= 11 is 0. The molecule has 0 amide bonds. The van der Waals surface area contributed by atoms with Gasteiger partial charge in [0.1, 0.15) is 5.82 Å². The number of hydrogen-bond donors (Lipinski definition) is 4. The van der Waals surface area contributed by atoms with Crippen LogP contribution in [0, 0.1) is 0 Å². The van der Waals surface area contributed by atoms with Gasteiger partial charge < -0.3 is 20.9 Å². The van der Waals surface area contributed by atoms with E-state index < -0.39 is 0 Å². The Hall–Kier alpha value is -3.35. The quantitative estimate of drug-likeness (QED) is 0.414. The normalized spacial score (nSPS) is 12.6. The average Bonchev–Trinajstić information content (AvgIpc) is 3.15. The van der Waals surface area contributed by atoms with Gasteiger partial charge in [-0.3, -0.25) is 0 Å². The number of hydrogen-bond acceptors (Lipinski definition) is 6. The number of nitrogens with one attached hydrogen (secondary N) is 4. The molecule has 7 nitrogen and oxygen atoms in total. The second-order valence-corrected chi connectivity index (χ2v) is 6.63. The Balaban J connectivity index is 1.67. The van der Waals surface area contributed by atoms with E-state index in [1.165, 1.54) is 0 Å².